The molecule has 0 fully saturated rings. The molecule has 0 unspecified atom stereocenters. The van der Waals surface area contributed by atoms with Gasteiger partial charge in [-0.3, -0.25) is 4.98 Å². The van der Waals surface area contributed by atoms with Crippen molar-refractivity contribution in [1.29, 1.82) is 0 Å². The topological polar surface area (TPSA) is 19.4 Å². The second kappa shape index (κ2) is 3.43. The Morgan fingerprint density at radius 3 is 2.00 bits per heavy atom. The van der Waals surface area contributed by atoms with Crippen molar-refractivity contribution in [3.63, 3.8) is 0 Å². The first-order valence-corrected chi connectivity index (χ1v) is 3.91. The van der Waals surface area contributed by atoms with E-state index in [9.17, 15) is 0 Å². The monoisotopic (exact) mass is 165 g/mol. The van der Waals surface area contributed by atoms with Gasteiger partial charge in [-0.1, -0.05) is 0 Å². The number of nitrogens with zero attached hydrogens (tertiary/aromatic N) is 3. The van der Waals surface area contributed by atoms with Crippen molar-refractivity contribution in [3.05, 3.63) is 18.5 Å². The largest absolute Gasteiger partial charge is 0.376 e. The van der Waals surface area contributed by atoms with Gasteiger partial charge in [-0.25, -0.2) is 0 Å². The maximum atomic E-state index is 4.08. The molecule has 0 bridgehead atoms. The molecule has 0 aliphatic heterocycles. The minimum atomic E-state index is 1.14. The normalized spacial score (nSPS) is 9.67. The molecule has 0 saturated heterocycles. The Morgan fingerprint density at radius 2 is 1.58 bits per heavy atom. The summed E-state index contributed by atoms with van der Waals surface area (Å²) in [7, 11) is 8.10. The highest BCUT2D eigenvalue weighted by atomic mass is 15.1. The molecule has 0 amide bonds. The van der Waals surface area contributed by atoms with Crippen molar-refractivity contribution in [3.8, 4) is 0 Å². The Hall–Kier alpha value is -1.25. The molecule has 0 aliphatic rings. The number of anilines is 2. The van der Waals surface area contributed by atoms with Crippen molar-refractivity contribution < 1.29 is 0 Å². The summed E-state index contributed by atoms with van der Waals surface area (Å²) in [6, 6.07) is 2.01. The van der Waals surface area contributed by atoms with Gasteiger partial charge in [-0.15, -0.1) is 0 Å². The smallest absolute Gasteiger partial charge is 0.0785 e. The zero-order valence-electron chi connectivity index (χ0n) is 8.07. The van der Waals surface area contributed by atoms with Crippen molar-refractivity contribution in [2.24, 2.45) is 0 Å². The lowest BCUT2D eigenvalue weighted by Crippen LogP contribution is -2.16. The number of pyridine rings is 1. The van der Waals surface area contributed by atoms with Crippen LogP contribution in [0.15, 0.2) is 18.5 Å². The van der Waals surface area contributed by atoms with E-state index < -0.39 is 0 Å². The van der Waals surface area contributed by atoms with Crippen LogP contribution in [0.5, 0.6) is 0 Å². The first-order valence-electron chi connectivity index (χ1n) is 3.91. The summed E-state index contributed by atoms with van der Waals surface area (Å²) in [5.74, 6) is 0. The number of rotatable bonds is 2. The van der Waals surface area contributed by atoms with Crippen LogP contribution in [0, 0.1) is 0 Å². The first kappa shape index (κ1) is 8.84. The van der Waals surface area contributed by atoms with Gasteiger partial charge in [0.25, 0.3) is 0 Å². The van der Waals surface area contributed by atoms with Gasteiger partial charge in [0.05, 0.1) is 17.6 Å². The first-order chi connectivity index (χ1) is 5.63. The summed E-state index contributed by atoms with van der Waals surface area (Å²) >= 11 is 0. The van der Waals surface area contributed by atoms with Crippen molar-refractivity contribution in [2.75, 3.05) is 38.0 Å². The zero-order valence-corrected chi connectivity index (χ0v) is 8.07. The summed E-state index contributed by atoms with van der Waals surface area (Å²) in [5, 5.41) is 0. The Balaban J connectivity index is 3.09. The Bertz CT molecular complexity index is 229. The average Bonchev–Trinajstić information content (AvgIpc) is 2.04. The van der Waals surface area contributed by atoms with Gasteiger partial charge < -0.3 is 9.80 Å². The second-order valence-electron chi connectivity index (χ2n) is 3.15. The van der Waals surface area contributed by atoms with Gasteiger partial charge in [0, 0.05) is 34.4 Å². The molecule has 0 saturated carbocycles. The molecule has 0 atom stereocenters. The van der Waals surface area contributed by atoms with Crippen LogP contribution in [-0.2, 0) is 0 Å². The van der Waals surface area contributed by atoms with Crippen LogP contribution in [0.3, 0.4) is 0 Å². The molecule has 0 aliphatic carbocycles. The summed E-state index contributed by atoms with van der Waals surface area (Å²) in [6.45, 7) is 0. The van der Waals surface area contributed by atoms with E-state index in [4.69, 9.17) is 0 Å². The zero-order chi connectivity index (χ0) is 9.14. The van der Waals surface area contributed by atoms with E-state index in [-0.39, 0.29) is 0 Å². The Kier molecular flexibility index (Phi) is 2.53. The van der Waals surface area contributed by atoms with E-state index in [0.717, 1.165) is 5.69 Å². The average molecular weight is 165 g/mol. The lowest BCUT2D eigenvalue weighted by molar-refractivity contribution is 1.06. The van der Waals surface area contributed by atoms with E-state index in [2.05, 4.69) is 14.8 Å². The van der Waals surface area contributed by atoms with Crippen LogP contribution in [-0.4, -0.2) is 33.2 Å². The second-order valence-corrected chi connectivity index (χ2v) is 3.15. The van der Waals surface area contributed by atoms with Crippen molar-refractivity contribution in [2.45, 2.75) is 0 Å². The molecule has 1 rings (SSSR count). The van der Waals surface area contributed by atoms with Crippen molar-refractivity contribution in [1.82, 2.24) is 4.98 Å². The summed E-state index contributed by atoms with van der Waals surface area (Å²) in [6.07, 6.45) is 3.68. The SMILES string of the molecule is CN(C)c1ccncc1N(C)C. The third-order valence-electron chi connectivity index (χ3n) is 1.74. The Labute approximate surface area is 73.6 Å². The third kappa shape index (κ3) is 1.67. The molecule has 3 nitrogen and oxygen atoms in total. The number of hydrogen-bond donors (Lipinski definition) is 0. The van der Waals surface area contributed by atoms with Gasteiger partial charge >= 0.3 is 0 Å². The molecule has 66 valence electrons. The van der Waals surface area contributed by atoms with E-state index in [1.165, 1.54) is 5.69 Å². The minimum Gasteiger partial charge on any atom is -0.376 e. The fraction of sp³-hybridized carbons (Fsp3) is 0.444. The Morgan fingerprint density at radius 1 is 1.00 bits per heavy atom. The summed E-state index contributed by atoms with van der Waals surface area (Å²) in [5.41, 5.74) is 2.33. The highest BCUT2D eigenvalue weighted by Crippen LogP contribution is 2.24. The van der Waals surface area contributed by atoms with Gasteiger partial charge in [-0.2, -0.15) is 0 Å². The highest BCUT2D eigenvalue weighted by Gasteiger charge is 2.04. The molecular weight excluding hydrogens is 150 g/mol. The van der Waals surface area contributed by atoms with Crippen LogP contribution < -0.4 is 9.80 Å². The van der Waals surface area contributed by atoms with E-state index >= 15 is 0 Å². The maximum absolute atomic E-state index is 4.08. The minimum absolute atomic E-state index is 1.14. The summed E-state index contributed by atoms with van der Waals surface area (Å²) < 4.78 is 0. The molecule has 1 heterocycles. The van der Waals surface area contributed by atoms with Gasteiger partial charge in [0.15, 0.2) is 0 Å². The van der Waals surface area contributed by atoms with Gasteiger partial charge in [0.1, 0.15) is 0 Å². The van der Waals surface area contributed by atoms with Crippen LogP contribution in [0.2, 0.25) is 0 Å². The van der Waals surface area contributed by atoms with E-state index in [1.54, 1.807) is 0 Å². The molecule has 12 heavy (non-hydrogen) atoms. The van der Waals surface area contributed by atoms with Crippen LogP contribution in [0.25, 0.3) is 0 Å². The molecule has 0 spiro atoms. The van der Waals surface area contributed by atoms with Crippen LogP contribution in [0.1, 0.15) is 0 Å². The lowest BCUT2D eigenvalue weighted by Gasteiger charge is -2.21. The molecular formula is C9H15N3. The number of hydrogen-bond acceptors (Lipinski definition) is 3. The molecule has 1 aromatic heterocycles. The predicted octanol–water partition coefficient (Wildman–Crippen LogP) is 1.21. The molecule has 0 radical (unpaired) electrons. The molecule has 3 heteroatoms. The molecule has 0 aromatic carbocycles. The highest BCUT2D eigenvalue weighted by molar-refractivity contribution is 5.68. The molecule has 0 N–H and O–H groups in total. The molecule has 1 aromatic rings. The van der Waals surface area contributed by atoms with Crippen LogP contribution in [0.4, 0.5) is 11.4 Å². The van der Waals surface area contributed by atoms with E-state index in [1.807, 2.05) is 46.7 Å². The summed E-state index contributed by atoms with van der Waals surface area (Å²) in [4.78, 5) is 8.22. The fourth-order valence-electron chi connectivity index (χ4n) is 1.10. The third-order valence-corrected chi connectivity index (χ3v) is 1.74. The standard InChI is InChI=1S/C9H15N3/c1-11(2)8-5-6-10-7-9(8)12(3)4/h5-7H,1-4H3. The number of aromatic nitrogens is 1. The quantitative estimate of drug-likeness (QED) is 0.656. The van der Waals surface area contributed by atoms with Crippen molar-refractivity contribution >= 4 is 11.4 Å². The van der Waals surface area contributed by atoms with Gasteiger partial charge in [-0.05, 0) is 6.07 Å². The maximum Gasteiger partial charge on any atom is 0.0785 e. The lowest BCUT2D eigenvalue weighted by atomic mass is 10.3. The van der Waals surface area contributed by atoms with Gasteiger partial charge in [0.2, 0.25) is 0 Å². The fourth-order valence-corrected chi connectivity index (χ4v) is 1.10. The van der Waals surface area contributed by atoms with E-state index in [0.29, 0.717) is 0 Å². The van der Waals surface area contributed by atoms with Crippen LogP contribution >= 0.6 is 0 Å². The predicted molar refractivity (Wildman–Crippen MR) is 52.9 cm³/mol.